The number of aliphatic hydroxyl groups is 1. The van der Waals surface area contributed by atoms with Crippen LogP contribution < -0.4 is 10.4 Å². The molecular formula is C26H36O3Si. The minimum Gasteiger partial charge on any atom is -0.407 e. The summed E-state index contributed by atoms with van der Waals surface area (Å²) in [6, 6.07) is 21.1. The molecule has 0 aromatic heterocycles. The van der Waals surface area contributed by atoms with Crippen LogP contribution in [0.25, 0.3) is 0 Å². The molecule has 1 atom stereocenters. The monoisotopic (exact) mass is 424 g/mol. The van der Waals surface area contributed by atoms with E-state index in [4.69, 9.17) is 4.43 Å². The molecule has 0 aliphatic rings. The summed E-state index contributed by atoms with van der Waals surface area (Å²) in [6.45, 7) is 9.33. The van der Waals surface area contributed by atoms with Gasteiger partial charge >= 0.3 is 0 Å². The molecule has 3 nitrogen and oxygen atoms in total. The Bertz CT molecular complexity index is 755. The summed E-state index contributed by atoms with van der Waals surface area (Å²) in [6.07, 6.45) is 5.17. The maximum absolute atomic E-state index is 11.6. The number of rotatable bonds is 11. The highest BCUT2D eigenvalue weighted by atomic mass is 28.4. The summed E-state index contributed by atoms with van der Waals surface area (Å²) in [5.41, 5.74) is 0. The maximum Gasteiger partial charge on any atom is 0.261 e. The van der Waals surface area contributed by atoms with Gasteiger partial charge in [-0.1, -0.05) is 94.4 Å². The predicted molar refractivity (Wildman–Crippen MR) is 128 cm³/mol. The number of hydrogen-bond donors (Lipinski definition) is 1. The summed E-state index contributed by atoms with van der Waals surface area (Å²) in [4.78, 5) is 11.6. The fourth-order valence-corrected chi connectivity index (χ4v) is 8.53. The molecule has 2 aromatic rings. The third-order valence-electron chi connectivity index (χ3n) is 5.38. The van der Waals surface area contributed by atoms with E-state index in [1.165, 1.54) is 16.4 Å². The lowest BCUT2D eigenvalue weighted by Crippen LogP contribution is -2.66. The van der Waals surface area contributed by atoms with Gasteiger partial charge in [-0.05, 0) is 40.8 Å². The normalized spacial score (nSPS) is 13.5. The average molecular weight is 425 g/mol. The van der Waals surface area contributed by atoms with Crippen LogP contribution in [0.15, 0.2) is 72.8 Å². The first-order valence-electron chi connectivity index (χ1n) is 11.0. The second-order valence-electron chi connectivity index (χ2n) is 8.80. The molecule has 30 heavy (non-hydrogen) atoms. The molecule has 0 saturated heterocycles. The van der Waals surface area contributed by atoms with Gasteiger partial charge in [0.1, 0.15) is 0 Å². The lowest BCUT2D eigenvalue weighted by Gasteiger charge is -2.43. The number of carbonyl (C=O) groups excluding carboxylic acids is 1. The molecule has 4 heteroatoms. The Labute approximate surface area is 182 Å². The van der Waals surface area contributed by atoms with Crippen molar-refractivity contribution in [3.05, 3.63) is 72.8 Å². The summed E-state index contributed by atoms with van der Waals surface area (Å²) in [5, 5.41) is 12.7. The number of allylic oxidation sites excluding steroid dienone is 1. The Morgan fingerprint density at radius 2 is 1.57 bits per heavy atom. The minimum absolute atomic E-state index is 0.0548. The average Bonchev–Trinajstić information content (AvgIpc) is 2.73. The van der Waals surface area contributed by atoms with Crippen LogP contribution in [0.5, 0.6) is 0 Å². The molecule has 162 valence electrons. The lowest BCUT2D eigenvalue weighted by atomic mass is 10.1. The molecular weight excluding hydrogens is 388 g/mol. The summed E-state index contributed by atoms with van der Waals surface area (Å²) >= 11 is 0. The van der Waals surface area contributed by atoms with E-state index in [9.17, 15) is 9.90 Å². The van der Waals surface area contributed by atoms with E-state index < -0.39 is 14.4 Å². The molecule has 0 aliphatic carbocycles. The molecule has 0 fully saturated rings. The summed E-state index contributed by atoms with van der Waals surface area (Å²) < 4.78 is 6.82. The molecule has 0 amide bonds. The van der Waals surface area contributed by atoms with Crippen LogP contribution in [0.4, 0.5) is 0 Å². The molecule has 0 saturated carbocycles. The Morgan fingerprint density at radius 3 is 2.03 bits per heavy atom. The molecule has 0 spiro atoms. The van der Waals surface area contributed by atoms with Gasteiger partial charge in [-0.25, -0.2) is 0 Å². The second-order valence-corrected chi connectivity index (χ2v) is 13.1. The van der Waals surface area contributed by atoms with Gasteiger partial charge in [0.05, 0.1) is 6.10 Å². The largest absolute Gasteiger partial charge is 0.407 e. The zero-order valence-corrected chi connectivity index (χ0v) is 19.8. The highest BCUT2D eigenvalue weighted by Gasteiger charge is 2.49. The quantitative estimate of drug-likeness (QED) is 0.325. The van der Waals surface area contributed by atoms with E-state index in [0.717, 1.165) is 12.8 Å². The molecule has 0 heterocycles. The van der Waals surface area contributed by atoms with Crippen LogP contribution in [-0.4, -0.2) is 31.9 Å². The highest BCUT2D eigenvalue weighted by Crippen LogP contribution is 2.36. The summed E-state index contributed by atoms with van der Waals surface area (Å²) in [5.74, 6) is 0.0695. The zero-order valence-electron chi connectivity index (χ0n) is 18.8. The number of carbonyl (C=O) groups is 1. The van der Waals surface area contributed by atoms with Gasteiger partial charge < -0.3 is 9.53 Å². The van der Waals surface area contributed by atoms with E-state index in [2.05, 4.69) is 69.3 Å². The van der Waals surface area contributed by atoms with E-state index in [-0.39, 0.29) is 10.8 Å². The topological polar surface area (TPSA) is 46.5 Å². The molecule has 1 N–H and O–H groups in total. The van der Waals surface area contributed by atoms with Crippen molar-refractivity contribution in [1.82, 2.24) is 0 Å². The minimum atomic E-state index is -2.52. The third kappa shape index (κ3) is 6.24. The van der Waals surface area contributed by atoms with Crippen LogP contribution in [0.2, 0.25) is 5.04 Å². The van der Waals surface area contributed by atoms with E-state index in [0.29, 0.717) is 19.4 Å². The van der Waals surface area contributed by atoms with Crippen molar-refractivity contribution in [2.24, 2.45) is 0 Å². The van der Waals surface area contributed by atoms with Crippen molar-refractivity contribution < 1.29 is 14.3 Å². The van der Waals surface area contributed by atoms with Gasteiger partial charge in [0.2, 0.25) is 0 Å². The van der Waals surface area contributed by atoms with Gasteiger partial charge in [0, 0.05) is 13.0 Å². The van der Waals surface area contributed by atoms with Gasteiger partial charge in [-0.3, -0.25) is 4.79 Å². The van der Waals surface area contributed by atoms with Crippen molar-refractivity contribution in [3.63, 3.8) is 0 Å². The molecule has 0 radical (unpaired) electrons. The van der Waals surface area contributed by atoms with Crippen LogP contribution in [0.1, 0.15) is 53.4 Å². The van der Waals surface area contributed by atoms with E-state index in [1.54, 1.807) is 6.08 Å². The molecule has 2 rings (SSSR count). The Hall–Kier alpha value is -2.01. The van der Waals surface area contributed by atoms with Gasteiger partial charge in [-0.15, -0.1) is 0 Å². The Morgan fingerprint density at radius 1 is 1.03 bits per heavy atom. The van der Waals surface area contributed by atoms with Gasteiger partial charge in [0.15, 0.2) is 5.78 Å². The summed E-state index contributed by atoms with van der Waals surface area (Å²) in [7, 11) is -2.52. The molecule has 2 aromatic carbocycles. The number of aliphatic hydroxyl groups excluding tert-OH is 1. The maximum atomic E-state index is 11.6. The fraction of sp³-hybridized carbons (Fsp3) is 0.423. The smallest absolute Gasteiger partial charge is 0.261 e. The van der Waals surface area contributed by atoms with Crippen LogP contribution in [0.3, 0.4) is 0 Å². The SMILES string of the molecule is CCCC(=O)/C=C/C(O)CCCO[Si](c1ccccc1)(c1ccccc1)C(C)(C)C. The van der Waals surface area contributed by atoms with Crippen LogP contribution >= 0.6 is 0 Å². The first kappa shape index (κ1) is 24.3. The first-order valence-corrected chi connectivity index (χ1v) is 12.9. The van der Waals surface area contributed by atoms with Gasteiger partial charge in [0.25, 0.3) is 8.32 Å². The van der Waals surface area contributed by atoms with Crippen LogP contribution in [0, 0.1) is 0 Å². The standard InChI is InChI=1S/C26H36O3Si/c1-5-13-22(27)19-20-23(28)14-12-21-29-30(26(2,3)4,24-15-8-6-9-16-24)25-17-10-7-11-18-25/h6-11,15-20,23,28H,5,12-14,21H2,1-4H3/b20-19+. The van der Waals surface area contributed by atoms with E-state index >= 15 is 0 Å². The Kier molecular flexibility index (Phi) is 9.22. The Balaban J connectivity index is 2.16. The van der Waals surface area contributed by atoms with Crippen LogP contribution in [-0.2, 0) is 9.22 Å². The van der Waals surface area contributed by atoms with E-state index in [1.807, 2.05) is 19.1 Å². The van der Waals surface area contributed by atoms with Crippen molar-refractivity contribution in [1.29, 1.82) is 0 Å². The van der Waals surface area contributed by atoms with Crippen molar-refractivity contribution >= 4 is 24.5 Å². The predicted octanol–water partition coefficient (Wildman–Crippen LogP) is 4.63. The number of benzene rings is 2. The zero-order chi connectivity index (χ0) is 22.0. The number of ketones is 1. The molecule has 0 bridgehead atoms. The van der Waals surface area contributed by atoms with Crippen molar-refractivity contribution in [2.45, 2.75) is 64.5 Å². The third-order valence-corrected chi connectivity index (χ3v) is 10.4. The van der Waals surface area contributed by atoms with Gasteiger partial charge in [-0.2, -0.15) is 0 Å². The fourth-order valence-electron chi connectivity index (χ4n) is 3.92. The van der Waals surface area contributed by atoms with Crippen molar-refractivity contribution in [2.75, 3.05) is 6.61 Å². The van der Waals surface area contributed by atoms with Crippen molar-refractivity contribution in [3.8, 4) is 0 Å². The highest BCUT2D eigenvalue weighted by molar-refractivity contribution is 6.99. The lowest BCUT2D eigenvalue weighted by molar-refractivity contribution is -0.114. The first-order chi connectivity index (χ1) is 14.3. The molecule has 1 unspecified atom stereocenters. The molecule has 0 aliphatic heterocycles. The number of hydrogen-bond acceptors (Lipinski definition) is 3. The second kappa shape index (κ2) is 11.4.